The van der Waals surface area contributed by atoms with E-state index in [1.165, 1.54) is 12.8 Å². The van der Waals surface area contributed by atoms with Crippen LogP contribution in [-0.4, -0.2) is 33.6 Å². The van der Waals surface area contributed by atoms with E-state index < -0.39 is 0 Å². The van der Waals surface area contributed by atoms with Gasteiger partial charge in [-0.2, -0.15) is 0 Å². The molecule has 0 aromatic carbocycles. The summed E-state index contributed by atoms with van der Waals surface area (Å²) in [5.74, 6) is 1.58. The predicted octanol–water partition coefficient (Wildman–Crippen LogP) is 1.15. The van der Waals surface area contributed by atoms with E-state index in [0.717, 1.165) is 18.7 Å². The highest BCUT2D eigenvalue weighted by molar-refractivity contribution is 4.95. The van der Waals surface area contributed by atoms with E-state index in [2.05, 4.69) is 17.1 Å². The van der Waals surface area contributed by atoms with Gasteiger partial charge >= 0.3 is 0 Å². The van der Waals surface area contributed by atoms with Gasteiger partial charge in [0.15, 0.2) is 5.82 Å². The minimum Gasteiger partial charge on any atom is -0.388 e. The van der Waals surface area contributed by atoms with Crippen molar-refractivity contribution in [1.82, 2.24) is 14.8 Å². The van der Waals surface area contributed by atoms with Crippen molar-refractivity contribution in [3.8, 4) is 0 Å². The zero-order valence-corrected chi connectivity index (χ0v) is 10.1. The van der Waals surface area contributed by atoms with Crippen LogP contribution < -0.4 is 0 Å². The number of aromatic nitrogens is 3. The van der Waals surface area contributed by atoms with Crippen LogP contribution in [0.5, 0.6) is 0 Å². The number of hydrogen-bond donors (Lipinski definition) is 1. The van der Waals surface area contributed by atoms with Gasteiger partial charge in [-0.15, -0.1) is 10.2 Å². The topological polar surface area (TPSA) is 60.2 Å². The van der Waals surface area contributed by atoms with Gasteiger partial charge in [-0.1, -0.05) is 19.8 Å². The van der Waals surface area contributed by atoms with Crippen LogP contribution in [0.4, 0.5) is 0 Å². The number of methoxy groups -OCH3 is 1. The molecule has 0 saturated carbocycles. The number of rotatable bonds is 8. The molecule has 5 nitrogen and oxygen atoms in total. The molecule has 0 spiro atoms. The minimum absolute atomic E-state index is 0.0650. The Labute approximate surface area is 96.5 Å². The third kappa shape index (κ3) is 3.57. The second-order valence-corrected chi connectivity index (χ2v) is 3.79. The van der Waals surface area contributed by atoms with Crippen LogP contribution in [0.1, 0.15) is 37.8 Å². The molecule has 0 aliphatic rings. The Kier molecular flexibility index (Phi) is 6.03. The Morgan fingerprint density at radius 1 is 1.25 bits per heavy atom. The van der Waals surface area contributed by atoms with Crippen molar-refractivity contribution in [2.45, 2.75) is 45.8 Å². The van der Waals surface area contributed by atoms with Crippen LogP contribution in [0.15, 0.2) is 0 Å². The van der Waals surface area contributed by atoms with Gasteiger partial charge in [0.2, 0.25) is 0 Å². The summed E-state index contributed by atoms with van der Waals surface area (Å²) >= 11 is 0. The lowest BCUT2D eigenvalue weighted by atomic mass is 10.2. The van der Waals surface area contributed by atoms with Gasteiger partial charge < -0.3 is 14.4 Å². The summed E-state index contributed by atoms with van der Waals surface area (Å²) in [6, 6.07) is 0. The maximum Gasteiger partial charge on any atom is 0.158 e. The zero-order valence-electron chi connectivity index (χ0n) is 10.1. The van der Waals surface area contributed by atoms with Crippen molar-refractivity contribution in [1.29, 1.82) is 0 Å². The first-order valence-electron chi connectivity index (χ1n) is 5.84. The Balaban J connectivity index is 2.62. The van der Waals surface area contributed by atoms with E-state index in [1.54, 1.807) is 7.11 Å². The summed E-state index contributed by atoms with van der Waals surface area (Å²) in [6.07, 6.45) is 4.43. The summed E-state index contributed by atoms with van der Waals surface area (Å²) in [5, 5.41) is 17.2. The molecule has 0 saturated heterocycles. The molecule has 1 N–H and O–H groups in total. The summed E-state index contributed by atoms with van der Waals surface area (Å²) in [6.45, 7) is 3.44. The summed E-state index contributed by atoms with van der Waals surface area (Å²) in [4.78, 5) is 0. The molecule has 92 valence electrons. The second kappa shape index (κ2) is 7.35. The molecule has 1 rings (SSSR count). The van der Waals surface area contributed by atoms with Gasteiger partial charge in [0, 0.05) is 20.1 Å². The summed E-state index contributed by atoms with van der Waals surface area (Å²) in [7, 11) is 1.67. The molecular weight excluding hydrogens is 206 g/mol. The quantitative estimate of drug-likeness (QED) is 0.677. The zero-order chi connectivity index (χ0) is 11.8. The highest BCUT2D eigenvalue weighted by Crippen LogP contribution is 2.07. The first-order valence-corrected chi connectivity index (χ1v) is 5.84. The van der Waals surface area contributed by atoms with Crippen molar-refractivity contribution in [2.75, 3.05) is 13.7 Å². The monoisotopic (exact) mass is 227 g/mol. The van der Waals surface area contributed by atoms with Crippen molar-refractivity contribution in [3.05, 3.63) is 11.6 Å². The molecule has 16 heavy (non-hydrogen) atoms. The van der Waals surface area contributed by atoms with E-state index in [1.807, 2.05) is 4.57 Å². The van der Waals surface area contributed by atoms with Gasteiger partial charge in [0.25, 0.3) is 0 Å². The van der Waals surface area contributed by atoms with Crippen molar-refractivity contribution in [2.24, 2.45) is 0 Å². The Morgan fingerprint density at radius 2 is 2.00 bits per heavy atom. The van der Waals surface area contributed by atoms with E-state index >= 15 is 0 Å². The lowest BCUT2D eigenvalue weighted by Gasteiger charge is -2.08. The van der Waals surface area contributed by atoms with Crippen molar-refractivity contribution in [3.63, 3.8) is 0 Å². The minimum atomic E-state index is -0.0650. The molecular formula is C11H21N3O2. The maximum absolute atomic E-state index is 9.14. The van der Waals surface area contributed by atoms with Gasteiger partial charge in [0.1, 0.15) is 12.4 Å². The largest absolute Gasteiger partial charge is 0.388 e. The molecule has 0 aliphatic carbocycles. The lowest BCUT2D eigenvalue weighted by molar-refractivity contribution is 0.181. The number of nitrogens with zero attached hydrogens (tertiary/aromatic N) is 3. The molecule has 0 fully saturated rings. The van der Waals surface area contributed by atoms with Crippen LogP contribution in [0.3, 0.4) is 0 Å². The summed E-state index contributed by atoms with van der Waals surface area (Å²) < 4.78 is 6.99. The number of aliphatic hydroxyl groups excluding tert-OH is 1. The average molecular weight is 227 g/mol. The van der Waals surface area contributed by atoms with E-state index in [0.29, 0.717) is 19.0 Å². The third-order valence-electron chi connectivity index (χ3n) is 2.57. The molecule has 5 heteroatoms. The number of hydrogen-bond acceptors (Lipinski definition) is 4. The Morgan fingerprint density at radius 3 is 2.62 bits per heavy atom. The van der Waals surface area contributed by atoms with E-state index in [9.17, 15) is 0 Å². The van der Waals surface area contributed by atoms with Gasteiger partial charge in [-0.25, -0.2) is 0 Å². The molecule has 1 aromatic rings. The molecule has 0 atom stereocenters. The van der Waals surface area contributed by atoms with Gasteiger partial charge in [-0.3, -0.25) is 0 Å². The molecule has 0 bridgehead atoms. The number of unbranched alkanes of at least 4 members (excludes halogenated alkanes) is 2. The van der Waals surface area contributed by atoms with Crippen LogP contribution in [0.25, 0.3) is 0 Å². The number of ether oxygens (including phenoxy) is 1. The highest BCUT2D eigenvalue weighted by Gasteiger charge is 2.10. The standard InChI is InChI=1S/C11H21N3O2/c1-3-4-5-6-10-12-13-11(9-15)14(10)7-8-16-2/h15H,3-9H2,1-2H3. The fourth-order valence-electron chi connectivity index (χ4n) is 1.65. The predicted molar refractivity (Wildman–Crippen MR) is 61.0 cm³/mol. The molecule has 0 radical (unpaired) electrons. The van der Waals surface area contributed by atoms with Crippen LogP contribution >= 0.6 is 0 Å². The van der Waals surface area contributed by atoms with Crippen LogP contribution in [0, 0.1) is 0 Å². The average Bonchev–Trinajstić information content (AvgIpc) is 2.69. The third-order valence-corrected chi connectivity index (χ3v) is 2.57. The second-order valence-electron chi connectivity index (χ2n) is 3.79. The maximum atomic E-state index is 9.14. The van der Waals surface area contributed by atoms with Gasteiger partial charge in [-0.05, 0) is 6.42 Å². The Bertz CT molecular complexity index is 299. The first kappa shape index (κ1) is 13.1. The highest BCUT2D eigenvalue weighted by atomic mass is 16.5. The van der Waals surface area contributed by atoms with Gasteiger partial charge in [0.05, 0.1) is 6.61 Å². The molecule has 0 unspecified atom stereocenters. The van der Waals surface area contributed by atoms with E-state index in [-0.39, 0.29) is 6.61 Å². The van der Waals surface area contributed by atoms with Crippen molar-refractivity contribution >= 4 is 0 Å². The molecule has 1 aromatic heterocycles. The first-order chi connectivity index (χ1) is 7.83. The Hall–Kier alpha value is -0.940. The number of aryl methyl sites for hydroxylation is 1. The SMILES string of the molecule is CCCCCc1nnc(CO)n1CCOC. The van der Waals surface area contributed by atoms with Crippen LogP contribution in [-0.2, 0) is 24.3 Å². The summed E-state index contributed by atoms with van der Waals surface area (Å²) in [5.41, 5.74) is 0. The van der Waals surface area contributed by atoms with Crippen LogP contribution in [0.2, 0.25) is 0 Å². The van der Waals surface area contributed by atoms with Crippen molar-refractivity contribution < 1.29 is 9.84 Å². The smallest absolute Gasteiger partial charge is 0.158 e. The van der Waals surface area contributed by atoms with E-state index in [4.69, 9.17) is 9.84 Å². The lowest BCUT2D eigenvalue weighted by Crippen LogP contribution is -2.12. The molecule has 0 amide bonds. The molecule has 1 heterocycles. The normalized spacial score (nSPS) is 10.9. The molecule has 0 aliphatic heterocycles. The number of aliphatic hydroxyl groups is 1. The fraction of sp³-hybridized carbons (Fsp3) is 0.818. The fourth-order valence-corrected chi connectivity index (χ4v) is 1.65.